The van der Waals surface area contributed by atoms with Crippen molar-refractivity contribution in [2.45, 2.75) is 33.7 Å². The molecule has 94 valence electrons. The summed E-state index contributed by atoms with van der Waals surface area (Å²) < 4.78 is 6.52. The third kappa shape index (κ3) is 1.38. The molecule has 0 amide bonds. The zero-order valence-electron chi connectivity index (χ0n) is 10.9. The lowest BCUT2D eigenvalue weighted by Gasteiger charge is -2.07. The number of carbonyl (C=O) groups excluding carboxylic acids is 1. The largest absolute Gasteiger partial charge is 0.464 e. The van der Waals surface area contributed by atoms with Crippen molar-refractivity contribution >= 4 is 11.8 Å². The zero-order valence-corrected chi connectivity index (χ0v) is 10.9. The molecule has 0 atom stereocenters. The van der Waals surface area contributed by atoms with E-state index in [1.165, 1.54) is 7.11 Å². The fraction of sp³-hybridized carbons (Fsp3) is 0.667. The number of hydrogen-bond donors (Lipinski definition) is 1. The van der Waals surface area contributed by atoms with Gasteiger partial charge in [0.25, 0.3) is 0 Å². The van der Waals surface area contributed by atoms with Crippen LogP contribution in [0.2, 0.25) is 0 Å². The molecule has 17 heavy (non-hydrogen) atoms. The first kappa shape index (κ1) is 12.0. The monoisotopic (exact) mass is 237 g/mol. The third-order valence-corrected chi connectivity index (χ3v) is 4.43. The van der Waals surface area contributed by atoms with E-state index in [9.17, 15) is 4.79 Å². The molecule has 2 rings (SSSR count). The number of rotatable bonds is 2. The van der Waals surface area contributed by atoms with E-state index in [1.54, 1.807) is 6.33 Å². The predicted molar refractivity (Wildman–Crippen MR) is 64.6 cm³/mol. The lowest BCUT2D eigenvalue weighted by atomic mass is 10.0. The number of anilines is 1. The van der Waals surface area contributed by atoms with Gasteiger partial charge < -0.3 is 15.0 Å². The van der Waals surface area contributed by atoms with Gasteiger partial charge in [-0.1, -0.05) is 27.7 Å². The van der Waals surface area contributed by atoms with Crippen LogP contribution >= 0.6 is 0 Å². The lowest BCUT2D eigenvalue weighted by Crippen LogP contribution is -2.09. The molecule has 1 aromatic rings. The molecule has 0 aromatic carbocycles. The summed E-state index contributed by atoms with van der Waals surface area (Å²) in [5.74, 6) is -0.0991. The number of hydrogen-bond acceptors (Lipinski definition) is 4. The Balaban J connectivity index is 2.38. The summed E-state index contributed by atoms with van der Waals surface area (Å²) in [7, 11) is 1.33. The summed E-state index contributed by atoms with van der Waals surface area (Å²) in [4.78, 5) is 15.5. The van der Waals surface area contributed by atoms with Gasteiger partial charge in [0.1, 0.15) is 5.82 Å². The molecule has 0 spiro atoms. The van der Waals surface area contributed by atoms with Gasteiger partial charge in [0.15, 0.2) is 5.69 Å². The maximum atomic E-state index is 11.4. The number of imidazole rings is 1. The summed E-state index contributed by atoms with van der Waals surface area (Å²) in [6.07, 6.45) is 1.63. The predicted octanol–water partition coefficient (Wildman–Crippen LogP) is 1.86. The van der Waals surface area contributed by atoms with Gasteiger partial charge in [-0.15, -0.1) is 0 Å². The van der Waals surface area contributed by atoms with E-state index in [1.807, 2.05) is 4.57 Å². The second kappa shape index (κ2) is 3.24. The summed E-state index contributed by atoms with van der Waals surface area (Å²) >= 11 is 0. The Morgan fingerprint density at radius 1 is 1.41 bits per heavy atom. The third-order valence-electron chi connectivity index (χ3n) is 4.43. The van der Waals surface area contributed by atoms with Crippen LogP contribution in [0.15, 0.2) is 6.33 Å². The minimum Gasteiger partial charge on any atom is -0.464 e. The number of esters is 1. The number of carbonyl (C=O) groups is 1. The van der Waals surface area contributed by atoms with Crippen molar-refractivity contribution in [2.75, 3.05) is 12.8 Å². The SMILES string of the molecule is COC(=O)c1ncn(C2C(C)(C)C2(C)C)c1N. The molecule has 0 radical (unpaired) electrons. The minimum absolute atomic E-state index is 0.148. The molecule has 0 bridgehead atoms. The summed E-state index contributed by atoms with van der Waals surface area (Å²) in [5, 5.41) is 0. The minimum atomic E-state index is -0.488. The first-order valence-corrected chi connectivity index (χ1v) is 5.65. The Bertz CT molecular complexity index is 460. The van der Waals surface area contributed by atoms with Crippen LogP contribution in [0, 0.1) is 10.8 Å². The Kier molecular flexibility index (Phi) is 2.28. The molecule has 1 saturated carbocycles. The van der Waals surface area contributed by atoms with Crippen LogP contribution in [0.5, 0.6) is 0 Å². The smallest absolute Gasteiger partial charge is 0.360 e. The van der Waals surface area contributed by atoms with Crippen LogP contribution in [0.1, 0.15) is 44.2 Å². The van der Waals surface area contributed by atoms with Gasteiger partial charge in [-0.2, -0.15) is 0 Å². The van der Waals surface area contributed by atoms with Crippen LogP contribution in [0.25, 0.3) is 0 Å². The number of methoxy groups -OCH3 is 1. The van der Waals surface area contributed by atoms with E-state index < -0.39 is 5.97 Å². The first-order valence-electron chi connectivity index (χ1n) is 5.65. The lowest BCUT2D eigenvalue weighted by molar-refractivity contribution is 0.0596. The molecule has 0 saturated heterocycles. The molecule has 1 fully saturated rings. The molecule has 2 N–H and O–H groups in total. The van der Waals surface area contributed by atoms with E-state index in [0.717, 1.165) is 0 Å². The van der Waals surface area contributed by atoms with E-state index in [-0.39, 0.29) is 22.6 Å². The van der Waals surface area contributed by atoms with Crippen molar-refractivity contribution in [3.63, 3.8) is 0 Å². The van der Waals surface area contributed by atoms with E-state index >= 15 is 0 Å². The normalized spacial score (nSPS) is 21.2. The number of nitrogens with zero attached hydrogens (tertiary/aromatic N) is 2. The van der Waals surface area contributed by atoms with Crippen LogP contribution in [0.4, 0.5) is 5.82 Å². The van der Waals surface area contributed by atoms with Crippen LogP contribution in [0.3, 0.4) is 0 Å². The second-order valence-corrected chi connectivity index (χ2v) is 5.72. The Labute approximate surface area is 101 Å². The van der Waals surface area contributed by atoms with Crippen molar-refractivity contribution in [1.82, 2.24) is 9.55 Å². The molecular weight excluding hydrogens is 218 g/mol. The highest BCUT2D eigenvalue weighted by Gasteiger charge is 2.66. The fourth-order valence-electron chi connectivity index (χ4n) is 2.69. The van der Waals surface area contributed by atoms with Crippen LogP contribution < -0.4 is 5.73 Å². The maximum Gasteiger partial charge on any atom is 0.360 e. The Hall–Kier alpha value is -1.52. The molecule has 1 heterocycles. The van der Waals surface area contributed by atoms with Crippen molar-refractivity contribution in [2.24, 2.45) is 10.8 Å². The van der Waals surface area contributed by atoms with Gasteiger partial charge in [0, 0.05) is 6.04 Å². The van der Waals surface area contributed by atoms with Gasteiger partial charge in [-0.25, -0.2) is 9.78 Å². The molecule has 1 aliphatic carbocycles. The highest BCUT2D eigenvalue weighted by molar-refractivity contribution is 5.92. The highest BCUT2D eigenvalue weighted by Crippen LogP contribution is 2.71. The van der Waals surface area contributed by atoms with E-state index in [2.05, 4.69) is 37.4 Å². The number of nitrogens with two attached hydrogens (primary N) is 1. The second-order valence-electron chi connectivity index (χ2n) is 5.72. The van der Waals surface area contributed by atoms with Gasteiger partial charge in [-0.3, -0.25) is 0 Å². The number of aromatic nitrogens is 2. The van der Waals surface area contributed by atoms with E-state index in [4.69, 9.17) is 5.73 Å². The van der Waals surface area contributed by atoms with Crippen molar-refractivity contribution in [3.05, 3.63) is 12.0 Å². The molecule has 1 aliphatic rings. The fourth-order valence-corrected chi connectivity index (χ4v) is 2.69. The Morgan fingerprint density at radius 2 is 1.94 bits per heavy atom. The quantitative estimate of drug-likeness (QED) is 0.797. The molecular formula is C12H19N3O2. The van der Waals surface area contributed by atoms with E-state index in [0.29, 0.717) is 5.82 Å². The van der Waals surface area contributed by atoms with Crippen LogP contribution in [-0.4, -0.2) is 22.6 Å². The summed E-state index contributed by atoms with van der Waals surface area (Å²) in [6, 6.07) is 0.265. The average Bonchev–Trinajstić information content (AvgIpc) is 2.55. The average molecular weight is 237 g/mol. The first-order chi connectivity index (χ1) is 7.75. The van der Waals surface area contributed by atoms with Gasteiger partial charge in [-0.05, 0) is 10.8 Å². The zero-order chi connectivity index (χ0) is 13.0. The number of ether oxygens (including phenoxy) is 1. The molecule has 5 heteroatoms. The maximum absolute atomic E-state index is 11.4. The summed E-state index contributed by atoms with van der Waals surface area (Å²) in [6.45, 7) is 8.76. The van der Waals surface area contributed by atoms with Crippen molar-refractivity contribution in [3.8, 4) is 0 Å². The number of nitrogen functional groups attached to an aromatic ring is 1. The van der Waals surface area contributed by atoms with Gasteiger partial charge in [0.2, 0.25) is 0 Å². The Morgan fingerprint density at radius 3 is 2.35 bits per heavy atom. The van der Waals surface area contributed by atoms with Crippen molar-refractivity contribution in [1.29, 1.82) is 0 Å². The molecule has 0 aliphatic heterocycles. The molecule has 1 aromatic heterocycles. The molecule has 0 unspecified atom stereocenters. The van der Waals surface area contributed by atoms with Crippen molar-refractivity contribution < 1.29 is 9.53 Å². The summed E-state index contributed by atoms with van der Waals surface area (Å²) in [5.41, 5.74) is 6.46. The van der Waals surface area contributed by atoms with Gasteiger partial charge in [0.05, 0.1) is 13.4 Å². The highest BCUT2D eigenvalue weighted by atomic mass is 16.5. The van der Waals surface area contributed by atoms with Gasteiger partial charge >= 0.3 is 5.97 Å². The van der Waals surface area contributed by atoms with Crippen LogP contribution in [-0.2, 0) is 4.74 Å². The molecule has 5 nitrogen and oxygen atoms in total. The standard InChI is InChI=1S/C12H19N3O2/c1-11(2)10(12(11,3)4)15-6-14-7(8(15)13)9(16)17-5/h6,10H,13H2,1-5H3. The topological polar surface area (TPSA) is 70.1 Å².